The van der Waals surface area contributed by atoms with Gasteiger partial charge >= 0.3 is 12.1 Å². The van der Waals surface area contributed by atoms with Gasteiger partial charge in [0.2, 0.25) is 11.8 Å². The smallest absolute Gasteiger partial charge is 0.417 e. The van der Waals surface area contributed by atoms with Crippen molar-refractivity contribution < 1.29 is 47.4 Å². The van der Waals surface area contributed by atoms with Gasteiger partial charge in [-0.05, 0) is 60.2 Å². The van der Waals surface area contributed by atoms with Gasteiger partial charge in [0.25, 0.3) is 11.8 Å². The fourth-order valence-corrected chi connectivity index (χ4v) is 8.99. The monoisotopic (exact) mass is 776 g/mol. The molecule has 4 amide bonds. The molecule has 17 heteroatoms. The number of hydrazine groups is 1. The van der Waals surface area contributed by atoms with Crippen molar-refractivity contribution in [3.63, 3.8) is 0 Å². The van der Waals surface area contributed by atoms with Crippen molar-refractivity contribution in [1.29, 1.82) is 0 Å². The van der Waals surface area contributed by atoms with E-state index in [2.05, 4.69) is 10.4 Å². The summed E-state index contributed by atoms with van der Waals surface area (Å²) in [5.74, 6) is -9.64. The Bertz CT molecular complexity index is 2100. The summed E-state index contributed by atoms with van der Waals surface area (Å²) in [5, 5.41) is 20.0. The highest BCUT2D eigenvalue weighted by atomic mass is 35.5. The minimum atomic E-state index is -4.78. The second-order valence-corrected chi connectivity index (χ2v) is 14.3. The third-order valence-corrected chi connectivity index (χ3v) is 11.4. The average Bonchev–Trinajstić information content (AvgIpc) is 3.45. The number of benzene rings is 2. The number of rotatable bonds is 7. The van der Waals surface area contributed by atoms with Gasteiger partial charge < -0.3 is 10.2 Å². The molecule has 0 radical (unpaired) electrons. The van der Waals surface area contributed by atoms with Crippen molar-refractivity contribution in [2.45, 2.75) is 36.8 Å². The van der Waals surface area contributed by atoms with Crippen molar-refractivity contribution in [3.05, 3.63) is 98.1 Å². The molecule has 2 aromatic carbocycles. The molecule has 1 aromatic heterocycles. The molecular weight excluding hydrogens is 752 g/mol. The molecule has 3 N–H and O–H groups in total. The molecule has 0 bridgehead atoms. The number of carboxylic acid groups (broad SMARTS) is 1. The molecule has 6 atom stereocenters. The Hall–Kier alpha value is -4.66. The van der Waals surface area contributed by atoms with Crippen LogP contribution in [0.2, 0.25) is 15.1 Å². The van der Waals surface area contributed by atoms with Gasteiger partial charge in [0, 0.05) is 28.7 Å². The highest BCUT2D eigenvalue weighted by Crippen LogP contribution is 2.64. The lowest BCUT2D eigenvalue weighted by Gasteiger charge is -2.50. The van der Waals surface area contributed by atoms with Crippen molar-refractivity contribution in [2.75, 3.05) is 12.0 Å². The van der Waals surface area contributed by atoms with E-state index in [1.165, 1.54) is 30.3 Å². The summed E-state index contributed by atoms with van der Waals surface area (Å²) in [6.07, 6.45) is -3.06. The van der Waals surface area contributed by atoms with Crippen LogP contribution in [0.25, 0.3) is 0 Å². The number of amides is 4. The summed E-state index contributed by atoms with van der Waals surface area (Å²) in [4.78, 5) is 73.3. The minimum absolute atomic E-state index is 0.0248. The Balaban J connectivity index is 1.42. The Morgan fingerprint density at radius 3 is 2.31 bits per heavy atom. The zero-order valence-electron chi connectivity index (χ0n) is 26.5. The first-order chi connectivity index (χ1) is 24.5. The molecule has 270 valence electrons. The van der Waals surface area contributed by atoms with Crippen LogP contribution in [0.15, 0.2) is 66.4 Å². The zero-order chi connectivity index (χ0) is 37.4. The second kappa shape index (κ2) is 12.8. The van der Waals surface area contributed by atoms with Gasteiger partial charge in [-0.25, -0.2) is 4.98 Å². The number of hydrogen-bond donors (Lipinski definition) is 3. The van der Waals surface area contributed by atoms with E-state index >= 15 is 4.79 Å². The molecule has 2 aliphatic heterocycles. The number of imide groups is 2. The quantitative estimate of drug-likeness (QED) is 0.187. The van der Waals surface area contributed by atoms with Gasteiger partial charge in [0.15, 0.2) is 5.82 Å². The number of phenolic OH excluding ortho intramolecular Hbond substituents is 1. The molecule has 1 saturated carbocycles. The van der Waals surface area contributed by atoms with E-state index in [9.17, 15) is 42.6 Å². The number of carbonyl (C=O) groups excluding carboxylic acids is 4. The first kappa shape index (κ1) is 35.7. The van der Waals surface area contributed by atoms with Crippen molar-refractivity contribution in [2.24, 2.45) is 23.7 Å². The normalized spacial score (nSPS) is 27.0. The number of aliphatic carboxylic acids is 1. The predicted octanol–water partition coefficient (Wildman–Crippen LogP) is 6.23. The van der Waals surface area contributed by atoms with Crippen molar-refractivity contribution >= 4 is 70.2 Å². The van der Waals surface area contributed by atoms with E-state index in [1.807, 2.05) is 0 Å². The third kappa shape index (κ3) is 5.50. The highest BCUT2D eigenvalue weighted by molar-refractivity contribution is 6.33. The summed E-state index contributed by atoms with van der Waals surface area (Å²) in [6.45, 7) is -0.344. The summed E-state index contributed by atoms with van der Waals surface area (Å²) >= 11 is 19.3. The van der Waals surface area contributed by atoms with Gasteiger partial charge in [-0.2, -0.15) is 18.2 Å². The van der Waals surface area contributed by atoms with Crippen LogP contribution in [0.4, 0.5) is 19.0 Å². The summed E-state index contributed by atoms with van der Waals surface area (Å²) in [7, 11) is 0. The zero-order valence-corrected chi connectivity index (χ0v) is 28.8. The van der Waals surface area contributed by atoms with E-state index in [4.69, 9.17) is 34.8 Å². The van der Waals surface area contributed by atoms with Gasteiger partial charge in [0.1, 0.15) is 5.75 Å². The number of pyridine rings is 1. The molecule has 0 spiro atoms. The topological polar surface area (TPSA) is 157 Å². The fourth-order valence-electron chi connectivity index (χ4n) is 8.37. The second-order valence-electron chi connectivity index (χ2n) is 13.1. The van der Waals surface area contributed by atoms with E-state index in [0.717, 1.165) is 4.90 Å². The standard InChI is InChI=1S/C35H26Cl3F3N4O7/c36-17-3-1-15(2-4-17)34-23(31(50)45(33(34)52)43-29-25(38)11-16(14-42-29)35(39,40)41)13-22-19(28(34)20-6-5-18(46)12-24(20)37)7-8-21-27(22)32(51)44(30(21)49)10-9-26(47)48/h1-7,11-12,14,21-23,27-28,46H,8-10,13H2,(H,42,43)(H,47,48)/t21-,22+,23-,27-,28+,34+/m0/s1. The van der Waals surface area contributed by atoms with Crippen LogP contribution in [-0.4, -0.2) is 61.2 Å². The number of aromatic nitrogens is 1. The fraction of sp³-hybridized carbons (Fsp3) is 0.314. The van der Waals surface area contributed by atoms with E-state index in [-0.39, 0.29) is 30.2 Å². The molecule has 11 nitrogen and oxygen atoms in total. The predicted molar refractivity (Wildman–Crippen MR) is 179 cm³/mol. The number of alkyl halides is 3. The number of anilines is 1. The maximum absolute atomic E-state index is 15.1. The van der Waals surface area contributed by atoms with Crippen LogP contribution < -0.4 is 5.43 Å². The summed E-state index contributed by atoms with van der Waals surface area (Å²) in [5.41, 5.74) is 0.717. The molecular formula is C35H26Cl3F3N4O7. The van der Waals surface area contributed by atoms with Crippen molar-refractivity contribution in [3.8, 4) is 5.75 Å². The summed E-state index contributed by atoms with van der Waals surface area (Å²) in [6, 6.07) is 10.9. The average molecular weight is 778 g/mol. The lowest BCUT2D eigenvalue weighted by molar-refractivity contribution is -0.143. The molecule has 3 aromatic rings. The number of nitrogens with one attached hydrogen (secondary N) is 1. The Labute approximate surface area is 307 Å². The summed E-state index contributed by atoms with van der Waals surface area (Å²) < 4.78 is 40.2. The number of allylic oxidation sites excluding steroid dienone is 2. The lowest BCUT2D eigenvalue weighted by Crippen LogP contribution is -2.53. The van der Waals surface area contributed by atoms with Crippen LogP contribution >= 0.6 is 34.8 Å². The number of halogens is 6. The number of nitrogens with zero attached hydrogens (tertiary/aromatic N) is 3. The van der Waals surface area contributed by atoms with E-state index < -0.39 is 93.6 Å². The van der Waals surface area contributed by atoms with E-state index in [1.54, 1.807) is 18.2 Å². The van der Waals surface area contributed by atoms with Gasteiger partial charge in [-0.1, -0.05) is 64.7 Å². The third-order valence-electron chi connectivity index (χ3n) is 10.5. The first-order valence-corrected chi connectivity index (χ1v) is 17.1. The molecule has 2 saturated heterocycles. The van der Waals surface area contributed by atoms with Crippen LogP contribution in [0.3, 0.4) is 0 Å². The van der Waals surface area contributed by atoms with Crippen LogP contribution in [0.5, 0.6) is 5.75 Å². The number of carbonyl (C=O) groups is 5. The lowest BCUT2D eigenvalue weighted by atomic mass is 9.49. The SMILES string of the molecule is O=C(O)CCN1C(=O)[C@H]2[C@H](CC=C3[C@H]2C[C@H]2C(=O)N(Nc4ncc(C(F)(F)F)cc4Cl)C(=O)[C@@]2(c2ccc(Cl)cc2)[C@H]3c2ccc(O)cc2Cl)C1=O. The van der Waals surface area contributed by atoms with Gasteiger partial charge in [-0.15, -0.1) is 0 Å². The van der Waals surface area contributed by atoms with Crippen LogP contribution in [0.1, 0.15) is 41.9 Å². The minimum Gasteiger partial charge on any atom is -0.508 e. The van der Waals surface area contributed by atoms with E-state index in [0.29, 0.717) is 39.0 Å². The molecule has 4 aliphatic rings. The van der Waals surface area contributed by atoms with Crippen molar-refractivity contribution in [1.82, 2.24) is 14.9 Å². The Morgan fingerprint density at radius 2 is 1.67 bits per heavy atom. The number of hydrogen-bond acceptors (Lipinski definition) is 8. The Kier molecular flexibility index (Phi) is 8.78. The molecule has 7 rings (SSSR count). The molecule has 0 unspecified atom stereocenters. The molecule has 52 heavy (non-hydrogen) atoms. The largest absolute Gasteiger partial charge is 0.508 e. The molecule has 3 fully saturated rings. The number of aromatic hydroxyl groups is 1. The number of carboxylic acids is 1. The van der Waals surface area contributed by atoms with Gasteiger partial charge in [-0.3, -0.25) is 34.3 Å². The highest BCUT2D eigenvalue weighted by Gasteiger charge is 2.70. The number of likely N-dealkylation sites (tertiary alicyclic amines) is 1. The maximum Gasteiger partial charge on any atom is 0.417 e. The molecule has 2 aliphatic carbocycles. The Morgan fingerprint density at radius 1 is 0.962 bits per heavy atom. The van der Waals surface area contributed by atoms with Crippen LogP contribution in [0, 0.1) is 23.7 Å². The molecule has 3 heterocycles. The van der Waals surface area contributed by atoms with Gasteiger partial charge in [0.05, 0.1) is 40.2 Å². The number of phenols is 1. The number of fused-ring (bicyclic) bond motifs is 4. The van der Waals surface area contributed by atoms with Crippen LogP contribution in [-0.2, 0) is 35.6 Å². The first-order valence-electron chi connectivity index (χ1n) is 15.9. The maximum atomic E-state index is 15.1.